The van der Waals surface area contributed by atoms with Crippen LogP contribution in [0.1, 0.15) is 31.0 Å². The predicted octanol–water partition coefficient (Wildman–Crippen LogP) is 5.01. The fraction of sp³-hybridized carbons (Fsp3) is 0.360. The van der Waals surface area contributed by atoms with Crippen molar-refractivity contribution in [2.45, 2.75) is 19.9 Å². The maximum atomic E-state index is 13.0. The smallest absolute Gasteiger partial charge is 0.295 e. The summed E-state index contributed by atoms with van der Waals surface area (Å²) in [6, 6.07) is 11.0. The van der Waals surface area contributed by atoms with Gasteiger partial charge >= 0.3 is 0 Å². The molecule has 1 fully saturated rings. The lowest BCUT2D eigenvalue weighted by Gasteiger charge is -2.26. The number of ketones is 1. The normalized spacial score (nSPS) is 17.9. The Morgan fingerprint density at radius 2 is 1.76 bits per heavy atom. The highest BCUT2D eigenvalue weighted by Gasteiger charge is 2.46. The molecule has 1 aliphatic rings. The van der Waals surface area contributed by atoms with Gasteiger partial charge in [-0.05, 0) is 62.0 Å². The van der Waals surface area contributed by atoms with Crippen LogP contribution in [0.5, 0.6) is 5.75 Å². The molecule has 6 nitrogen and oxygen atoms in total. The zero-order chi connectivity index (χ0) is 24.3. The molecule has 2 aromatic rings. The zero-order valence-electron chi connectivity index (χ0n) is 19.1. The number of Topliss-reactive ketones (excluding diaryl/α,β-unsaturated/α-hetero) is 1. The van der Waals surface area contributed by atoms with Crippen molar-refractivity contribution in [1.29, 1.82) is 0 Å². The first kappa shape index (κ1) is 25.1. The highest BCUT2D eigenvalue weighted by Crippen LogP contribution is 2.41. The summed E-state index contributed by atoms with van der Waals surface area (Å²) in [6.45, 7) is 5.53. The molecule has 0 aliphatic carbocycles. The molecule has 3 rings (SSSR count). The number of amides is 1. The van der Waals surface area contributed by atoms with Crippen LogP contribution in [-0.2, 0) is 9.59 Å². The first-order valence-corrected chi connectivity index (χ1v) is 11.5. The van der Waals surface area contributed by atoms with Gasteiger partial charge in [-0.15, -0.1) is 0 Å². The van der Waals surface area contributed by atoms with Crippen molar-refractivity contribution in [3.05, 3.63) is 69.2 Å². The summed E-state index contributed by atoms with van der Waals surface area (Å²) < 4.78 is 5.69. The number of aliphatic hydroxyl groups is 1. The molecule has 0 bridgehead atoms. The molecule has 0 radical (unpaired) electrons. The molecule has 176 valence electrons. The minimum absolute atomic E-state index is 0.0213. The van der Waals surface area contributed by atoms with Crippen molar-refractivity contribution in [2.24, 2.45) is 5.92 Å². The van der Waals surface area contributed by atoms with Crippen molar-refractivity contribution in [3.63, 3.8) is 0 Å². The Hall–Kier alpha value is -2.54. The molecule has 0 unspecified atom stereocenters. The van der Waals surface area contributed by atoms with Crippen LogP contribution in [0.3, 0.4) is 0 Å². The highest BCUT2D eigenvalue weighted by atomic mass is 35.5. The van der Waals surface area contributed by atoms with Gasteiger partial charge in [0.1, 0.15) is 11.5 Å². The van der Waals surface area contributed by atoms with E-state index in [9.17, 15) is 14.7 Å². The summed E-state index contributed by atoms with van der Waals surface area (Å²) in [6.07, 6.45) is 0. The van der Waals surface area contributed by atoms with Gasteiger partial charge in [0.15, 0.2) is 0 Å². The Morgan fingerprint density at radius 3 is 2.33 bits per heavy atom. The van der Waals surface area contributed by atoms with Crippen molar-refractivity contribution in [2.75, 3.05) is 33.8 Å². The third-order valence-electron chi connectivity index (χ3n) is 5.30. The number of carbonyl (C=O) groups excluding carboxylic acids is 2. The van der Waals surface area contributed by atoms with Crippen LogP contribution in [0.15, 0.2) is 48.0 Å². The van der Waals surface area contributed by atoms with Crippen molar-refractivity contribution in [1.82, 2.24) is 9.80 Å². The number of nitrogens with zero attached hydrogens (tertiary/aromatic N) is 2. The van der Waals surface area contributed by atoms with E-state index < -0.39 is 17.7 Å². The predicted molar refractivity (Wildman–Crippen MR) is 131 cm³/mol. The first-order chi connectivity index (χ1) is 15.6. The van der Waals surface area contributed by atoms with E-state index >= 15 is 0 Å². The minimum atomic E-state index is -0.781. The van der Waals surface area contributed by atoms with E-state index in [2.05, 4.69) is 13.8 Å². The molecule has 0 aromatic heterocycles. The summed E-state index contributed by atoms with van der Waals surface area (Å²) >= 11 is 12.3. The molecular weight excluding hydrogens is 463 g/mol. The SMILES string of the molecule is CC(C)COc1ccc(/C(O)=C2\C(=O)C(=O)N(CCN(C)C)[C@H]2c2ccc(Cl)c(Cl)c2)cc1. The number of halogens is 2. The topological polar surface area (TPSA) is 70.1 Å². The molecular formula is C25H28Cl2N2O4. The fourth-order valence-corrected chi connectivity index (χ4v) is 3.88. The second-order valence-electron chi connectivity index (χ2n) is 8.70. The molecule has 1 N–H and O–H groups in total. The number of ether oxygens (including phenoxy) is 1. The number of hydrogen-bond acceptors (Lipinski definition) is 5. The van der Waals surface area contributed by atoms with Crippen LogP contribution in [0.2, 0.25) is 10.0 Å². The Labute approximate surface area is 204 Å². The molecule has 0 spiro atoms. The lowest BCUT2D eigenvalue weighted by atomic mass is 9.95. The number of rotatable bonds is 8. The monoisotopic (exact) mass is 490 g/mol. The van der Waals surface area contributed by atoms with Crippen molar-refractivity contribution >= 4 is 40.7 Å². The minimum Gasteiger partial charge on any atom is -0.507 e. The van der Waals surface area contributed by atoms with E-state index in [0.29, 0.717) is 52.5 Å². The second kappa shape index (κ2) is 10.6. The van der Waals surface area contributed by atoms with E-state index in [4.69, 9.17) is 27.9 Å². The third kappa shape index (κ3) is 5.69. The van der Waals surface area contributed by atoms with Crippen LogP contribution in [0.4, 0.5) is 0 Å². The molecule has 1 amide bonds. The van der Waals surface area contributed by atoms with Crippen LogP contribution in [0.25, 0.3) is 5.76 Å². The van der Waals surface area contributed by atoms with Gasteiger partial charge < -0.3 is 19.6 Å². The van der Waals surface area contributed by atoms with Gasteiger partial charge in [-0.25, -0.2) is 0 Å². The quantitative estimate of drug-likeness (QED) is 0.319. The van der Waals surface area contributed by atoms with E-state index in [1.54, 1.807) is 42.5 Å². The zero-order valence-corrected chi connectivity index (χ0v) is 20.7. The van der Waals surface area contributed by atoms with Gasteiger partial charge in [0.25, 0.3) is 11.7 Å². The fourth-order valence-electron chi connectivity index (χ4n) is 3.57. The van der Waals surface area contributed by atoms with Gasteiger partial charge in [0.2, 0.25) is 0 Å². The third-order valence-corrected chi connectivity index (χ3v) is 6.04. The molecule has 1 saturated heterocycles. The standard InChI is InChI=1S/C25H28Cl2N2O4/c1-15(2)14-33-18-8-5-16(6-9-18)23(30)21-22(17-7-10-19(26)20(27)13-17)29(12-11-28(3)4)25(32)24(21)31/h5-10,13,15,22,30H,11-12,14H2,1-4H3/b23-21+/t22-/m0/s1. The first-order valence-electron chi connectivity index (χ1n) is 10.7. The molecule has 1 atom stereocenters. The van der Waals surface area contributed by atoms with E-state index in [1.165, 1.54) is 4.90 Å². The molecule has 1 heterocycles. The summed E-state index contributed by atoms with van der Waals surface area (Å²) in [5.41, 5.74) is 1.04. The Kier molecular flexibility index (Phi) is 8.05. The van der Waals surface area contributed by atoms with Gasteiger partial charge in [0.05, 0.1) is 28.3 Å². The molecule has 1 aliphatic heterocycles. The number of benzene rings is 2. The maximum Gasteiger partial charge on any atom is 0.295 e. The van der Waals surface area contributed by atoms with Gasteiger partial charge in [-0.2, -0.15) is 0 Å². The van der Waals surface area contributed by atoms with Crippen LogP contribution < -0.4 is 4.74 Å². The Morgan fingerprint density at radius 1 is 1.09 bits per heavy atom. The van der Waals surface area contributed by atoms with Gasteiger partial charge in [0, 0.05) is 18.7 Å². The van der Waals surface area contributed by atoms with Crippen LogP contribution in [-0.4, -0.2) is 60.4 Å². The summed E-state index contributed by atoms with van der Waals surface area (Å²) in [7, 11) is 3.77. The number of likely N-dealkylation sites (tertiary alicyclic amines) is 1. The summed E-state index contributed by atoms with van der Waals surface area (Å²) in [5, 5.41) is 11.8. The molecule has 33 heavy (non-hydrogen) atoms. The molecule has 2 aromatic carbocycles. The molecule has 8 heteroatoms. The second-order valence-corrected chi connectivity index (χ2v) is 9.51. The van der Waals surface area contributed by atoms with E-state index in [-0.39, 0.29) is 11.3 Å². The Bertz CT molecular complexity index is 1060. The van der Waals surface area contributed by atoms with Crippen LogP contribution >= 0.6 is 23.2 Å². The van der Waals surface area contributed by atoms with Gasteiger partial charge in [-0.1, -0.05) is 43.1 Å². The summed E-state index contributed by atoms with van der Waals surface area (Å²) in [5.74, 6) is -0.601. The molecule has 0 saturated carbocycles. The number of likely N-dealkylation sites (N-methyl/N-ethyl adjacent to an activating group) is 1. The average molecular weight is 491 g/mol. The van der Waals surface area contributed by atoms with E-state index in [0.717, 1.165) is 0 Å². The number of aliphatic hydroxyl groups excluding tert-OH is 1. The Balaban J connectivity index is 2.05. The lowest BCUT2D eigenvalue weighted by Crippen LogP contribution is -2.35. The van der Waals surface area contributed by atoms with Gasteiger partial charge in [-0.3, -0.25) is 9.59 Å². The highest BCUT2D eigenvalue weighted by molar-refractivity contribution is 6.46. The average Bonchev–Trinajstić information content (AvgIpc) is 3.02. The van der Waals surface area contributed by atoms with E-state index in [1.807, 2.05) is 19.0 Å². The number of carbonyl (C=O) groups is 2. The van der Waals surface area contributed by atoms with Crippen molar-refractivity contribution in [3.8, 4) is 5.75 Å². The maximum absolute atomic E-state index is 13.0. The summed E-state index contributed by atoms with van der Waals surface area (Å²) in [4.78, 5) is 29.4. The number of hydrogen-bond donors (Lipinski definition) is 1. The largest absolute Gasteiger partial charge is 0.507 e. The van der Waals surface area contributed by atoms with Crippen LogP contribution in [0, 0.1) is 5.92 Å². The lowest BCUT2D eigenvalue weighted by molar-refractivity contribution is -0.140. The van der Waals surface area contributed by atoms with Crippen molar-refractivity contribution < 1.29 is 19.4 Å².